The number of halogens is 2. The van der Waals surface area contributed by atoms with Crippen LogP contribution >= 0.6 is 23.2 Å². The van der Waals surface area contributed by atoms with Gasteiger partial charge in [-0.2, -0.15) is 0 Å². The van der Waals surface area contributed by atoms with Crippen molar-refractivity contribution in [2.75, 3.05) is 5.32 Å². The molecule has 2 bridgehead atoms. The van der Waals surface area contributed by atoms with E-state index >= 15 is 0 Å². The summed E-state index contributed by atoms with van der Waals surface area (Å²) in [5.41, 5.74) is 1.10. The van der Waals surface area contributed by atoms with Gasteiger partial charge < -0.3 is 5.32 Å². The van der Waals surface area contributed by atoms with E-state index in [0.717, 1.165) is 17.5 Å². The third-order valence-corrected chi connectivity index (χ3v) is 4.75. The Hall–Kier alpha value is -0.400. The zero-order valence-corrected chi connectivity index (χ0v) is 10.6. The largest absolute Gasteiger partial charge is 0.382 e. The third-order valence-electron chi connectivity index (χ3n) is 4.01. The molecule has 3 unspecified atom stereocenters. The van der Waals surface area contributed by atoms with Crippen LogP contribution in [0.4, 0.5) is 5.69 Å². The normalized spacial score (nSPS) is 32.0. The van der Waals surface area contributed by atoms with Gasteiger partial charge in [0.15, 0.2) is 0 Å². The first kappa shape index (κ1) is 10.7. The second-order valence-electron chi connectivity index (χ2n) is 5.05. The van der Waals surface area contributed by atoms with Crippen LogP contribution in [-0.2, 0) is 0 Å². The van der Waals surface area contributed by atoms with Crippen LogP contribution in [-0.4, -0.2) is 6.04 Å². The van der Waals surface area contributed by atoms with Gasteiger partial charge >= 0.3 is 0 Å². The van der Waals surface area contributed by atoms with E-state index in [0.29, 0.717) is 16.1 Å². The highest BCUT2D eigenvalue weighted by molar-refractivity contribution is 6.42. The van der Waals surface area contributed by atoms with Gasteiger partial charge in [-0.3, -0.25) is 0 Å². The Labute approximate surface area is 106 Å². The van der Waals surface area contributed by atoms with Gasteiger partial charge in [-0.05, 0) is 49.3 Å². The molecule has 0 amide bonds. The highest BCUT2D eigenvalue weighted by Crippen LogP contribution is 2.45. The van der Waals surface area contributed by atoms with Crippen LogP contribution in [0.3, 0.4) is 0 Å². The maximum absolute atomic E-state index is 6.01. The van der Waals surface area contributed by atoms with Crippen LogP contribution in [0.5, 0.6) is 0 Å². The number of benzene rings is 1. The summed E-state index contributed by atoms with van der Waals surface area (Å²) in [5.74, 6) is 1.84. The summed E-state index contributed by atoms with van der Waals surface area (Å²) in [6, 6.07) is 6.45. The van der Waals surface area contributed by atoms with Gasteiger partial charge in [0.1, 0.15) is 0 Å². The number of rotatable bonds is 2. The van der Waals surface area contributed by atoms with Crippen molar-refractivity contribution < 1.29 is 0 Å². The Morgan fingerprint density at radius 1 is 1.06 bits per heavy atom. The molecule has 0 spiro atoms. The van der Waals surface area contributed by atoms with E-state index in [2.05, 4.69) is 5.32 Å². The zero-order valence-electron chi connectivity index (χ0n) is 9.05. The van der Waals surface area contributed by atoms with Crippen molar-refractivity contribution in [1.82, 2.24) is 0 Å². The molecule has 0 aliphatic heterocycles. The van der Waals surface area contributed by atoms with Crippen molar-refractivity contribution in [1.29, 1.82) is 0 Å². The Balaban J connectivity index is 1.72. The molecule has 1 N–H and O–H groups in total. The summed E-state index contributed by atoms with van der Waals surface area (Å²) in [7, 11) is 0. The van der Waals surface area contributed by atoms with Gasteiger partial charge in [-0.15, -0.1) is 0 Å². The molecule has 3 heteroatoms. The first-order valence-electron chi connectivity index (χ1n) is 5.94. The van der Waals surface area contributed by atoms with E-state index in [4.69, 9.17) is 23.2 Å². The molecule has 3 atom stereocenters. The second-order valence-corrected chi connectivity index (χ2v) is 5.87. The van der Waals surface area contributed by atoms with Crippen molar-refractivity contribution in [2.45, 2.75) is 31.7 Å². The first-order chi connectivity index (χ1) is 7.72. The fourth-order valence-corrected chi connectivity index (χ4v) is 3.52. The van der Waals surface area contributed by atoms with Crippen molar-refractivity contribution in [3.05, 3.63) is 28.2 Å². The van der Waals surface area contributed by atoms with Crippen molar-refractivity contribution in [2.24, 2.45) is 11.8 Å². The SMILES string of the molecule is Clc1ccc(NC2CC3CCC2C3)cc1Cl. The van der Waals surface area contributed by atoms with Crippen LogP contribution in [0.1, 0.15) is 25.7 Å². The van der Waals surface area contributed by atoms with Gasteiger partial charge in [0.2, 0.25) is 0 Å². The number of fused-ring (bicyclic) bond motifs is 2. The quantitative estimate of drug-likeness (QED) is 0.815. The average molecular weight is 256 g/mol. The predicted molar refractivity (Wildman–Crippen MR) is 69.3 cm³/mol. The summed E-state index contributed by atoms with van der Waals surface area (Å²) in [6.07, 6.45) is 5.57. The van der Waals surface area contributed by atoms with Gasteiger partial charge in [0.05, 0.1) is 10.0 Å². The van der Waals surface area contributed by atoms with Gasteiger partial charge in [-0.25, -0.2) is 0 Å². The fourth-order valence-electron chi connectivity index (χ4n) is 3.22. The maximum atomic E-state index is 6.01. The standard InChI is InChI=1S/C13H15Cl2N/c14-11-4-3-10(7-12(11)15)16-13-6-8-1-2-9(13)5-8/h3-4,7-9,13,16H,1-2,5-6H2. The van der Waals surface area contributed by atoms with Crippen molar-refractivity contribution in [3.63, 3.8) is 0 Å². The van der Waals surface area contributed by atoms with Crippen LogP contribution < -0.4 is 5.32 Å². The van der Waals surface area contributed by atoms with Crippen LogP contribution in [0.2, 0.25) is 10.0 Å². The minimum absolute atomic E-state index is 0.625. The summed E-state index contributed by atoms with van der Waals surface area (Å²) in [4.78, 5) is 0. The fraction of sp³-hybridized carbons (Fsp3) is 0.538. The molecule has 0 saturated heterocycles. The summed E-state index contributed by atoms with van der Waals surface area (Å²) < 4.78 is 0. The van der Waals surface area contributed by atoms with Gasteiger partial charge in [0.25, 0.3) is 0 Å². The monoisotopic (exact) mass is 255 g/mol. The van der Waals surface area contributed by atoms with E-state index in [1.54, 1.807) is 0 Å². The third kappa shape index (κ3) is 1.91. The van der Waals surface area contributed by atoms with E-state index in [9.17, 15) is 0 Å². The van der Waals surface area contributed by atoms with E-state index in [-0.39, 0.29) is 0 Å². The number of anilines is 1. The lowest BCUT2D eigenvalue weighted by atomic mass is 9.95. The summed E-state index contributed by atoms with van der Waals surface area (Å²) in [5, 5.41) is 4.86. The van der Waals surface area contributed by atoms with Crippen LogP contribution in [0.25, 0.3) is 0 Å². The lowest BCUT2D eigenvalue weighted by Crippen LogP contribution is -2.25. The van der Waals surface area contributed by atoms with E-state index < -0.39 is 0 Å². The first-order valence-corrected chi connectivity index (χ1v) is 6.69. The highest BCUT2D eigenvalue weighted by Gasteiger charge is 2.39. The number of hydrogen-bond acceptors (Lipinski definition) is 1. The number of hydrogen-bond donors (Lipinski definition) is 1. The molecule has 16 heavy (non-hydrogen) atoms. The Morgan fingerprint density at radius 2 is 1.94 bits per heavy atom. The molecule has 0 aromatic heterocycles. The Kier molecular flexibility index (Phi) is 2.76. The maximum Gasteiger partial charge on any atom is 0.0612 e. The van der Waals surface area contributed by atoms with Crippen LogP contribution in [0.15, 0.2) is 18.2 Å². The van der Waals surface area contributed by atoms with E-state index in [1.807, 2.05) is 18.2 Å². The minimum Gasteiger partial charge on any atom is -0.382 e. The molecule has 0 heterocycles. The predicted octanol–water partition coefficient (Wildman–Crippen LogP) is 4.59. The highest BCUT2D eigenvalue weighted by atomic mass is 35.5. The molecule has 86 valence electrons. The van der Waals surface area contributed by atoms with E-state index in [1.165, 1.54) is 25.7 Å². The second kappa shape index (κ2) is 4.12. The molecule has 2 fully saturated rings. The van der Waals surface area contributed by atoms with Gasteiger partial charge in [-0.1, -0.05) is 29.6 Å². The molecule has 2 aliphatic rings. The van der Waals surface area contributed by atoms with Crippen molar-refractivity contribution in [3.8, 4) is 0 Å². The minimum atomic E-state index is 0.625. The zero-order chi connectivity index (χ0) is 11.1. The lowest BCUT2D eigenvalue weighted by molar-refractivity contribution is 0.440. The molecule has 1 aromatic rings. The molecule has 1 nitrogen and oxygen atoms in total. The molecule has 0 radical (unpaired) electrons. The van der Waals surface area contributed by atoms with Crippen molar-refractivity contribution >= 4 is 28.9 Å². The number of nitrogens with one attached hydrogen (secondary N) is 1. The van der Waals surface area contributed by atoms with Crippen LogP contribution in [0, 0.1) is 11.8 Å². The topological polar surface area (TPSA) is 12.0 Å². The molecular weight excluding hydrogens is 241 g/mol. The molecule has 1 aromatic carbocycles. The Morgan fingerprint density at radius 3 is 2.56 bits per heavy atom. The molecule has 2 aliphatic carbocycles. The smallest absolute Gasteiger partial charge is 0.0612 e. The average Bonchev–Trinajstić information content (AvgIpc) is 2.85. The molecular formula is C13H15Cl2N. The molecule has 2 saturated carbocycles. The molecule has 3 rings (SSSR count). The summed E-state index contributed by atoms with van der Waals surface area (Å²) in [6.45, 7) is 0. The lowest BCUT2D eigenvalue weighted by Gasteiger charge is -2.24. The summed E-state index contributed by atoms with van der Waals surface area (Å²) >= 11 is 11.9. The Bertz CT molecular complexity index is 405. The van der Waals surface area contributed by atoms with Gasteiger partial charge in [0, 0.05) is 11.7 Å².